The first-order chi connectivity index (χ1) is 11.0. The third-order valence-corrected chi connectivity index (χ3v) is 3.56. The van der Waals surface area contributed by atoms with Crippen molar-refractivity contribution in [3.8, 4) is 5.75 Å². The molecule has 1 N–H and O–H groups in total. The number of hydrogen-bond acceptors (Lipinski definition) is 6. The lowest BCUT2D eigenvalue weighted by molar-refractivity contribution is -0.143. The molecule has 2 unspecified atom stereocenters. The van der Waals surface area contributed by atoms with Gasteiger partial charge in [0.05, 0.1) is 31.9 Å². The van der Waals surface area contributed by atoms with Crippen molar-refractivity contribution in [3.05, 3.63) is 24.3 Å². The van der Waals surface area contributed by atoms with Crippen LogP contribution in [-0.4, -0.2) is 43.6 Å². The molecule has 0 spiro atoms. The highest BCUT2D eigenvalue weighted by Crippen LogP contribution is 2.25. The fourth-order valence-electron chi connectivity index (χ4n) is 2.44. The fourth-order valence-corrected chi connectivity index (χ4v) is 2.44. The number of imide groups is 1. The van der Waals surface area contributed by atoms with Crippen LogP contribution >= 0.6 is 0 Å². The second kappa shape index (κ2) is 7.23. The summed E-state index contributed by atoms with van der Waals surface area (Å²) < 4.78 is 9.94. The molecule has 0 saturated carbocycles. The van der Waals surface area contributed by atoms with Crippen LogP contribution in [0.25, 0.3) is 0 Å². The third kappa shape index (κ3) is 3.68. The van der Waals surface area contributed by atoms with Gasteiger partial charge in [0.25, 0.3) is 5.91 Å². The van der Waals surface area contributed by atoms with Crippen molar-refractivity contribution in [1.29, 1.82) is 0 Å². The zero-order valence-electron chi connectivity index (χ0n) is 13.4. The minimum absolute atomic E-state index is 0.00732. The highest BCUT2D eigenvalue weighted by atomic mass is 16.5. The number of hydrogen-bond donors (Lipinski definition) is 1. The molecule has 1 heterocycles. The molecular formula is C16H20N2O5. The molecule has 1 aliphatic rings. The zero-order chi connectivity index (χ0) is 17.0. The Kier molecular flexibility index (Phi) is 5.33. The van der Waals surface area contributed by atoms with Gasteiger partial charge in [-0.3, -0.25) is 19.7 Å². The van der Waals surface area contributed by atoms with Gasteiger partial charge in [0.2, 0.25) is 5.91 Å². The predicted octanol–water partition coefficient (Wildman–Crippen LogP) is 0.868. The summed E-state index contributed by atoms with van der Waals surface area (Å²) in [6.45, 7) is 4.00. The Hall–Kier alpha value is -2.41. The summed E-state index contributed by atoms with van der Waals surface area (Å²) in [5.41, 5.74) is 0.485. The van der Waals surface area contributed by atoms with Crippen LogP contribution in [-0.2, 0) is 19.1 Å². The van der Waals surface area contributed by atoms with E-state index in [0.717, 1.165) is 4.90 Å². The Bertz CT molecular complexity index is 599. The topological polar surface area (TPSA) is 84.9 Å². The minimum Gasteiger partial charge on any atom is -0.494 e. The Morgan fingerprint density at radius 3 is 2.57 bits per heavy atom. The molecule has 1 aromatic rings. The first kappa shape index (κ1) is 17.0. The van der Waals surface area contributed by atoms with Crippen LogP contribution in [0.3, 0.4) is 0 Å². The van der Waals surface area contributed by atoms with Crippen LogP contribution in [0.2, 0.25) is 0 Å². The molecule has 2 amide bonds. The summed E-state index contributed by atoms with van der Waals surface area (Å²) in [7, 11) is 1.27. The van der Waals surface area contributed by atoms with Gasteiger partial charge in [0.1, 0.15) is 11.8 Å². The number of anilines is 1. The van der Waals surface area contributed by atoms with Crippen LogP contribution in [0.5, 0.6) is 5.75 Å². The number of esters is 1. The molecule has 1 aliphatic heterocycles. The molecule has 0 radical (unpaired) electrons. The molecule has 0 aliphatic carbocycles. The summed E-state index contributed by atoms with van der Waals surface area (Å²) >= 11 is 0. The van der Waals surface area contributed by atoms with Gasteiger partial charge in [0, 0.05) is 0 Å². The maximum atomic E-state index is 12.4. The van der Waals surface area contributed by atoms with Gasteiger partial charge in [-0.2, -0.15) is 0 Å². The van der Waals surface area contributed by atoms with Crippen molar-refractivity contribution in [2.75, 3.05) is 18.6 Å². The molecule has 124 valence electrons. The van der Waals surface area contributed by atoms with Gasteiger partial charge in [-0.1, -0.05) is 0 Å². The van der Waals surface area contributed by atoms with Crippen molar-refractivity contribution in [2.45, 2.75) is 32.4 Å². The van der Waals surface area contributed by atoms with E-state index >= 15 is 0 Å². The second-order valence-corrected chi connectivity index (χ2v) is 5.16. The Morgan fingerprint density at radius 2 is 2.00 bits per heavy atom. The molecule has 2 atom stereocenters. The lowest BCUT2D eigenvalue weighted by Crippen LogP contribution is -2.46. The summed E-state index contributed by atoms with van der Waals surface area (Å²) in [5, 5.41) is 2.83. The number of benzene rings is 1. The molecule has 1 saturated heterocycles. The Morgan fingerprint density at radius 1 is 1.35 bits per heavy atom. The number of ether oxygens (including phenoxy) is 2. The molecule has 0 aromatic heterocycles. The van der Waals surface area contributed by atoms with E-state index in [9.17, 15) is 14.4 Å². The summed E-state index contributed by atoms with van der Waals surface area (Å²) in [5.74, 6) is -0.502. The van der Waals surface area contributed by atoms with Gasteiger partial charge in [0.15, 0.2) is 0 Å². The normalized spacial score (nSPS) is 18.9. The smallest absolute Gasteiger partial charge is 0.322 e. The monoisotopic (exact) mass is 320 g/mol. The molecule has 0 bridgehead atoms. The van der Waals surface area contributed by atoms with Gasteiger partial charge in [-0.15, -0.1) is 0 Å². The van der Waals surface area contributed by atoms with Gasteiger partial charge < -0.3 is 9.47 Å². The number of carbonyl (C=O) groups excluding carboxylic acids is 3. The van der Waals surface area contributed by atoms with Crippen LogP contribution in [0, 0.1) is 0 Å². The van der Waals surface area contributed by atoms with Gasteiger partial charge >= 0.3 is 5.97 Å². The summed E-state index contributed by atoms with van der Waals surface area (Å²) in [6.07, 6.45) is 0.00732. The average Bonchev–Trinajstić information content (AvgIpc) is 2.82. The maximum Gasteiger partial charge on any atom is 0.322 e. The quantitative estimate of drug-likeness (QED) is 0.618. The standard InChI is InChI=1S/C16H20N2O5/c1-4-23-12-7-5-11(6-8-12)18-14(19)9-13(15(18)20)17-10(2)16(21)22-3/h5-8,10,13,17H,4,9H2,1-3H3. The molecule has 7 heteroatoms. The molecule has 1 fully saturated rings. The maximum absolute atomic E-state index is 12.4. The van der Waals surface area contributed by atoms with Crippen LogP contribution in [0.15, 0.2) is 24.3 Å². The lowest BCUT2D eigenvalue weighted by atomic mass is 10.2. The Labute approximate surface area is 134 Å². The number of amides is 2. The molecule has 2 rings (SSSR count). The van der Waals surface area contributed by atoms with Crippen LogP contribution < -0.4 is 15.0 Å². The number of nitrogens with zero attached hydrogens (tertiary/aromatic N) is 1. The average molecular weight is 320 g/mol. The van der Waals surface area contributed by atoms with Crippen molar-refractivity contribution in [3.63, 3.8) is 0 Å². The van der Waals surface area contributed by atoms with Gasteiger partial charge in [-0.25, -0.2) is 4.90 Å². The van der Waals surface area contributed by atoms with Crippen LogP contribution in [0.4, 0.5) is 5.69 Å². The number of carbonyl (C=O) groups is 3. The lowest BCUT2D eigenvalue weighted by Gasteiger charge is -2.18. The third-order valence-electron chi connectivity index (χ3n) is 3.56. The highest BCUT2D eigenvalue weighted by molar-refractivity contribution is 6.22. The van der Waals surface area contributed by atoms with Crippen LogP contribution in [0.1, 0.15) is 20.3 Å². The predicted molar refractivity (Wildman–Crippen MR) is 83.1 cm³/mol. The van der Waals surface area contributed by atoms with E-state index in [2.05, 4.69) is 10.1 Å². The SMILES string of the molecule is CCOc1ccc(N2C(=O)CC(NC(C)C(=O)OC)C2=O)cc1. The second-order valence-electron chi connectivity index (χ2n) is 5.16. The zero-order valence-corrected chi connectivity index (χ0v) is 13.4. The van der Waals surface area contributed by atoms with E-state index in [-0.39, 0.29) is 18.2 Å². The largest absolute Gasteiger partial charge is 0.494 e. The van der Waals surface area contributed by atoms with Gasteiger partial charge in [-0.05, 0) is 38.1 Å². The molecule has 23 heavy (non-hydrogen) atoms. The Balaban J connectivity index is 2.10. The van der Waals surface area contributed by atoms with Crippen molar-refractivity contribution >= 4 is 23.5 Å². The van der Waals surface area contributed by atoms with Crippen molar-refractivity contribution in [1.82, 2.24) is 5.32 Å². The number of nitrogens with one attached hydrogen (secondary N) is 1. The number of methoxy groups -OCH3 is 1. The minimum atomic E-state index is -0.733. The summed E-state index contributed by atoms with van der Waals surface area (Å²) in [6, 6.07) is 5.33. The summed E-state index contributed by atoms with van der Waals surface area (Å²) in [4.78, 5) is 37.1. The van der Waals surface area contributed by atoms with E-state index < -0.39 is 18.1 Å². The van der Waals surface area contributed by atoms with E-state index in [4.69, 9.17) is 4.74 Å². The first-order valence-electron chi connectivity index (χ1n) is 7.41. The fraction of sp³-hybridized carbons (Fsp3) is 0.438. The molecular weight excluding hydrogens is 300 g/mol. The van der Waals surface area contributed by atoms with Crippen molar-refractivity contribution in [2.24, 2.45) is 0 Å². The highest BCUT2D eigenvalue weighted by Gasteiger charge is 2.40. The van der Waals surface area contributed by atoms with E-state index in [1.54, 1.807) is 31.2 Å². The first-order valence-corrected chi connectivity index (χ1v) is 7.41. The van der Waals surface area contributed by atoms with E-state index in [1.165, 1.54) is 7.11 Å². The van der Waals surface area contributed by atoms with E-state index in [0.29, 0.717) is 18.0 Å². The molecule has 1 aromatic carbocycles. The van der Waals surface area contributed by atoms with Crippen molar-refractivity contribution < 1.29 is 23.9 Å². The van der Waals surface area contributed by atoms with E-state index in [1.807, 2.05) is 6.92 Å². The number of rotatable bonds is 6. The molecule has 7 nitrogen and oxygen atoms in total.